The molecule has 0 spiro atoms. The second-order valence-electron chi connectivity index (χ2n) is 7.21. The molecule has 10 heteroatoms. The van der Waals surface area contributed by atoms with Gasteiger partial charge in [-0.2, -0.15) is 18.4 Å². The number of aryl methyl sites for hydroxylation is 1. The van der Waals surface area contributed by atoms with Gasteiger partial charge in [0.25, 0.3) is 5.56 Å². The third-order valence-electron chi connectivity index (χ3n) is 5.10. The Balaban J connectivity index is 0.00000289. The Hall–Kier alpha value is -3.74. The predicted molar refractivity (Wildman–Crippen MR) is 110 cm³/mol. The standard InChI is InChI=1S/C22H16F5N3O2.2H2/c1-10-14(8-18(31)29-11(2)13-4-3-12(9-28)7-16(13)24)21(32)30-17-6-5-15(23)20(19(10)17)22(25,26)27;;/h3-7,11H,8H2,1-2H3,(H,29,31)(H,30,32);2*1H/t11-;;/m0../s1. The average Bonchev–Trinajstić information content (AvgIpc) is 2.70. The Morgan fingerprint density at radius 3 is 2.50 bits per heavy atom. The summed E-state index contributed by atoms with van der Waals surface area (Å²) in [4.78, 5) is 27.2. The number of H-pyrrole nitrogens is 1. The molecule has 1 aromatic heterocycles. The maximum atomic E-state index is 14.2. The number of fused-ring (bicyclic) bond motifs is 1. The zero-order valence-electron chi connectivity index (χ0n) is 16.8. The van der Waals surface area contributed by atoms with Crippen molar-refractivity contribution in [2.24, 2.45) is 0 Å². The highest BCUT2D eigenvalue weighted by Crippen LogP contribution is 2.37. The zero-order chi connectivity index (χ0) is 23.8. The van der Waals surface area contributed by atoms with E-state index in [9.17, 15) is 31.5 Å². The smallest absolute Gasteiger partial charge is 0.349 e. The number of benzene rings is 2. The lowest BCUT2D eigenvalue weighted by Crippen LogP contribution is -2.31. The van der Waals surface area contributed by atoms with Gasteiger partial charge in [0.15, 0.2) is 0 Å². The maximum absolute atomic E-state index is 14.2. The third kappa shape index (κ3) is 4.32. The minimum atomic E-state index is -5.02. The minimum absolute atomic E-state index is 0. The molecule has 0 aliphatic heterocycles. The Kier molecular flexibility index (Phi) is 6.03. The van der Waals surface area contributed by atoms with Gasteiger partial charge in [-0.15, -0.1) is 0 Å². The molecule has 3 aromatic rings. The fraction of sp³-hybridized carbons (Fsp3) is 0.227. The summed E-state index contributed by atoms with van der Waals surface area (Å²) >= 11 is 0. The monoisotopic (exact) mass is 453 g/mol. The van der Waals surface area contributed by atoms with Crippen molar-refractivity contribution >= 4 is 16.8 Å². The number of nitrogens with one attached hydrogen (secondary N) is 2. The van der Waals surface area contributed by atoms with Gasteiger partial charge >= 0.3 is 6.18 Å². The summed E-state index contributed by atoms with van der Waals surface area (Å²) in [6.07, 6.45) is -5.62. The number of nitrogens with zero attached hydrogens (tertiary/aromatic N) is 1. The molecule has 0 saturated carbocycles. The van der Waals surface area contributed by atoms with Crippen LogP contribution in [0.1, 0.15) is 43.6 Å². The highest BCUT2D eigenvalue weighted by atomic mass is 19.4. The van der Waals surface area contributed by atoms with Crippen molar-refractivity contribution in [1.82, 2.24) is 10.3 Å². The van der Waals surface area contributed by atoms with Gasteiger partial charge in [0.05, 0.1) is 24.1 Å². The summed E-state index contributed by atoms with van der Waals surface area (Å²) in [7, 11) is 0. The molecule has 1 heterocycles. The van der Waals surface area contributed by atoms with Gasteiger partial charge in [-0.3, -0.25) is 9.59 Å². The molecule has 32 heavy (non-hydrogen) atoms. The largest absolute Gasteiger partial charge is 0.419 e. The van der Waals surface area contributed by atoms with Gasteiger partial charge in [-0.25, -0.2) is 8.78 Å². The number of aromatic amines is 1. The van der Waals surface area contributed by atoms with Crippen LogP contribution in [0.3, 0.4) is 0 Å². The quantitative estimate of drug-likeness (QED) is 0.550. The first-order chi connectivity index (χ1) is 14.9. The van der Waals surface area contributed by atoms with Crippen molar-refractivity contribution < 1.29 is 29.6 Å². The lowest BCUT2D eigenvalue weighted by molar-refractivity contribution is -0.138. The van der Waals surface area contributed by atoms with Crippen LogP contribution in [0.25, 0.3) is 10.9 Å². The highest BCUT2D eigenvalue weighted by molar-refractivity contribution is 5.89. The zero-order valence-corrected chi connectivity index (χ0v) is 16.8. The number of halogens is 5. The number of amides is 1. The first-order valence-electron chi connectivity index (χ1n) is 9.34. The van der Waals surface area contributed by atoms with Crippen LogP contribution in [0, 0.1) is 29.9 Å². The van der Waals surface area contributed by atoms with Crippen molar-refractivity contribution in [3.63, 3.8) is 0 Å². The summed E-state index contributed by atoms with van der Waals surface area (Å²) in [5, 5.41) is 10.7. The molecule has 3 rings (SSSR count). The number of hydrogen-bond donors (Lipinski definition) is 2. The van der Waals surface area contributed by atoms with E-state index in [4.69, 9.17) is 5.26 Å². The molecule has 0 aliphatic rings. The Morgan fingerprint density at radius 2 is 1.91 bits per heavy atom. The normalized spacial score (nSPS) is 12.4. The van der Waals surface area contributed by atoms with Gasteiger partial charge < -0.3 is 10.3 Å². The van der Waals surface area contributed by atoms with Crippen LogP contribution in [0.5, 0.6) is 0 Å². The summed E-state index contributed by atoms with van der Waals surface area (Å²) in [6, 6.07) is 6.26. The Morgan fingerprint density at radius 1 is 1.22 bits per heavy atom. The van der Waals surface area contributed by atoms with Gasteiger partial charge in [-0.1, -0.05) is 6.07 Å². The number of aromatic nitrogens is 1. The van der Waals surface area contributed by atoms with E-state index in [1.807, 2.05) is 0 Å². The molecule has 0 saturated heterocycles. The Bertz CT molecular complexity index is 1330. The van der Waals surface area contributed by atoms with Crippen molar-refractivity contribution in [2.45, 2.75) is 32.5 Å². The fourth-order valence-corrected chi connectivity index (χ4v) is 3.56. The molecule has 0 aliphatic carbocycles. The fourth-order valence-electron chi connectivity index (χ4n) is 3.56. The summed E-state index contributed by atoms with van der Waals surface area (Å²) < 4.78 is 68.5. The van der Waals surface area contributed by atoms with Crippen molar-refractivity contribution in [3.8, 4) is 6.07 Å². The number of rotatable bonds is 4. The molecular weight excluding hydrogens is 433 g/mol. The number of carbonyl (C=O) groups excluding carboxylic acids is 1. The molecule has 2 aromatic carbocycles. The first-order valence-corrected chi connectivity index (χ1v) is 9.34. The SMILES string of the molecule is Cc1c(CC(=O)N[C@@H](C)c2ccc(C#N)cc2F)c(=O)[nH]c2ccc(F)c(C(F)(F)F)c12.[HH].[HH]. The van der Waals surface area contributed by atoms with E-state index in [-0.39, 0.29) is 30.6 Å². The molecule has 1 amide bonds. The molecule has 2 N–H and O–H groups in total. The van der Waals surface area contributed by atoms with Gasteiger partial charge in [0, 0.05) is 24.9 Å². The average molecular weight is 453 g/mol. The molecule has 1 atom stereocenters. The Labute approximate surface area is 181 Å². The first kappa shape index (κ1) is 22.9. The molecule has 0 bridgehead atoms. The van der Waals surface area contributed by atoms with E-state index in [0.717, 1.165) is 12.1 Å². The van der Waals surface area contributed by atoms with E-state index in [1.165, 1.54) is 26.0 Å². The minimum Gasteiger partial charge on any atom is -0.349 e. The van der Waals surface area contributed by atoms with Crippen LogP contribution in [-0.4, -0.2) is 10.9 Å². The van der Waals surface area contributed by atoms with E-state index >= 15 is 0 Å². The molecular formula is C22H20F5N3O2. The number of carbonyl (C=O) groups is 1. The maximum Gasteiger partial charge on any atom is 0.419 e. The van der Waals surface area contributed by atoms with Gasteiger partial charge in [-0.05, 0) is 43.7 Å². The van der Waals surface area contributed by atoms with Crippen molar-refractivity contribution in [3.05, 3.63) is 80.1 Å². The summed E-state index contributed by atoms with van der Waals surface area (Å²) in [5.74, 6) is -2.97. The predicted octanol–water partition coefficient (Wildman–Crippen LogP) is 4.92. The van der Waals surface area contributed by atoms with Crippen LogP contribution >= 0.6 is 0 Å². The van der Waals surface area contributed by atoms with Crippen LogP contribution in [0.2, 0.25) is 0 Å². The lowest BCUT2D eigenvalue weighted by Gasteiger charge is -2.17. The van der Waals surface area contributed by atoms with E-state index < -0.39 is 52.7 Å². The van der Waals surface area contributed by atoms with Crippen LogP contribution < -0.4 is 10.9 Å². The molecule has 0 unspecified atom stereocenters. The van der Waals surface area contributed by atoms with Crippen LogP contribution in [0.15, 0.2) is 35.1 Å². The number of hydrogen-bond acceptors (Lipinski definition) is 3. The van der Waals surface area contributed by atoms with Crippen LogP contribution in [0.4, 0.5) is 22.0 Å². The molecule has 5 nitrogen and oxygen atoms in total. The van der Waals surface area contributed by atoms with Gasteiger partial charge in [0.1, 0.15) is 17.2 Å². The number of nitriles is 1. The van der Waals surface area contributed by atoms with E-state index in [1.54, 1.807) is 6.07 Å². The topological polar surface area (TPSA) is 85.8 Å². The van der Waals surface area contributed by atoms with Crippen LogP contribution in [-0.2, 0) is 17.4 Å². The third-order valence-corrected chi connectivity index (χ3v) is 5.10. The highest BCUT2D eigenvalue weighted by Gasteiger charge is 2.37. The van der Waals surface area contributed by atoms with Gasteiger partial charge in [0.2, 0.25) is 5.91 Å². The second-order valence-corrected chi connectivity index (χ2v) is 7.21. The molecule has 0 fully saturated rings. The second kappa shape index (κ2) is 8.42. The summed E-state index contributed by atoms with van der Waals surface area (Å²) in [6.45, 7) is 2.68. The molecule has 170 valence electrons. The molecule has 0 radical (unpaired) electrons. The van der Waals surface area contributed by atoms with Crippen molar-refractivity contribution in [2.75, 3.05) is 0 Å². The lowest BCUT2D eigenvalue weighted by atomic mass is 9.97. The van der Waals surface area contributed by atoms with E-state index in [2.05, 4.69) is 10.3 Å². The summed E-state index contributed by atoms with van der Waals surface area (Å²) in [5.41, 5.74) is -2.79. The number of alkyl halides is 3. The van der Waals surface area contributed by atoms with E-state index in [0.29, 0.717) is 6.07 Å². The van der Waals surface area contributed by atoms with Crippen molar-refractivity contribution in [1.29, 1.82) is 5.26 Å². The number of pyridine rings is 1.